The van der Waals surface area contributed by atoms with Crippen molar-refractivity contribution in [1.29, 1.82) is 0 Å². The van der Waals surface area contributed by atoms with Crippen molar-refractivity contribution in [2.75, 3.05) is 11.0 Å². The van der Waals surface area contributed by atoms with Crippen LogP contribution in [-0.4, -0.2) is 20.9 Å². The van der Waals surface area contributed by atoms with Crippen molar-refractivity contribution < 1.29 is 18.2 Å². The number of amides is 1. The molecule has 29 heavy (non-hydrogen) atoms. The quantitative estimate of drug-likeness (QED) is 0.165. The normalized spacial score (nSPS) is 11.7. The summed E-state index contributed by atoms with van der Waals surface area (Å²) < 4.78 is 25.8. The number of hydrazine groups is 1. The van der Waals surface area contributed by atoms with E-state index < -0.39 is 15.9 Å². The van der Waals surface area contributed by atoms with Crippen LogP contribution in [0.3, 0.4) is 0 Å². The summed E-state index contributed by atoms with van der Waals surface area (Å²) in [6, 6.07) is 13.7. The van der Waals surface area contributed by atoms with Crippen molar-refractivity contribution in [2.24, 2.45) is 27.2 Å². The molecule has 0 aromatic heterocycles. The number of hydrogen-bond acceptors (Lipinski definition) is 8. The van der Waals surface area contributed by atoms with Crippen molar-refractivity contribution in [1.82, 2.24) is 0 Å². The molecule has 0 aliphatic carbocycles. The van der Waals surface area contributed by atoms with Crippen molar-refractivity contribution >= 4 is 27.7 Å². The van der Waals surface area contributed by atoms with Crippen LogP contribution in [0.4, 0.5) is 5.69 Å². The highest BCUT2D eigenvalue weighted by Gasteiger charge is 2.21. The maximum atomic E-state index is 12.6. The molecule has 4 N–H and O–H groups in total. The van der Waals surface area contributed by atoms with Gasteiger partial charge in [0.1, 0.15) is 0 Å². The molecule has 13 heteroatoms. The van der Waals surface area contributed by atoms with Crippen molar-refractivity contribution in [3.8, 4) is 0 Å². The summed E-state index contributed by atoms with van der Waals surface area (Å²) in [5, 5.41) is 9.43. The van der Waals surface area contributed by atoms with Gasteiger partial charge < -0.3 is 0 Å². The Morgan fingerprint density at radius 2 is 1.83 bits per heavy atom. The highest BCUT2D eigenvalue weighted by Crippen LogP contribution is 2.21. The number of azide groups is 1. The van der Waals surface area contributed by atoms with Gasteiger partial charge >= 0.3 is 0 Å². The third kappa shape index (κ3) is 5.60. The topological polar surface area (TPSA) is 189 Å². The second-order valence-electron chi connectivity index (χ2n) is 5.36. The van der Waals surface area contributed by atoms with Gasteiger partial charge in [-0.2, -0.15) is 8.42 Å². The van der Waals surface area contributed by atoms with Crippen molar-refractivity contribution in [3.05, 3.63) is 76.2 Å². The number of nitrogens with two attached hydrogens (primary N) is 2. The first-order chi connectivity index (χ1) is 13.9. The Hall–Kier alpha value is -3.77. The van der Waals surface area contributed by atoms with E-state index in [1.165, 1.54) is 42.5 Å². The molecule has 0 fully saturated rings. The fourth-order valence-electron chi connectivity index (χ4n) is 2.17. The molecule has 0 saturated carbocycles. The fourth-order valence-corrected chi connectivity index (χ4v) is 3.30. The van der Waals surface area contributed by atoms with E-state index in [9.17, 15) is 13.2 Å². The third-order valence-corrected chi connectivity index (χ3v) is 5.14. The Morgan fingerprint density at radius 3 is 2.41 bits per heavy atom. The van der Waals surface area contributed by atoms with Crippen LogP contribution in [0.5, 0.6) is 0 Å². The molecule has 0 saturated heterocycles. The first-order valence-corrected chi connectivity index (χ1v) is 9.32. The minimum atomic E-state index is -3.93. The van der Waals surface area contributed by atoms with Crippen LogP contribution in [0.1, 0.15) is 5.56 Å². The first kappa shape index (κ1) is 21.5. The summed E-state index contributed by atoms with van der Waals surface area (Å²) >= 11 is 0. The highest BCUT2D eigenvalue weighted by atomic mass is 32.2. The summed E-state index contributed by atoms with van der Waals surface area (Å²) in [4.78, 5) is 18.4. The number of hydrogen-bond donors (Lipinski definition) is 2. The lowest BCUT2D eigenvalue weighted by Crippen LogP contribution is -2.37. The number of sulfonamides is 1. The number of benzene rings is 2. The molecule has 150 valence electrons. The standard InChI is InChI=1S/C16H16N8O4S/c17-22-20-11-13(16(25)21-23-28-19)10-12-6-8-14(9-7-12)24(18)29(26,27)15-4-2-1-3-5-15/h1-10H,11,18-19H2/b13-10+,23-21?. The lowest BCUT2D eigenvalue weighted by atomic mass is 10.1. The third-order valence-electron chi connectivity index (χ3n) is 3.55. The van der Waals surface area contributed by atoms with Gasteiger partial charge in [0, 0.05) is 10.5 Å². The average molecular weight is 416 g/mol. The first-order valence-electron chi connectivity index (χ1n) is 7.88. The Labute approximate surface area is 165 Å². The monoisotopic (exact) mass is 416 g/mol. The van der Waals surface area contributed by atoms with Crippen LogP contribution in [0.15, 0.2) is 80.6 Å². The Balaban J connectivity index is 2.29. The summed E-state index contributed by atoms with van der Waals surface area (Å²) in [6.45, 7) is -0.286. The van der Waals surface area contributed by atoms with E-state index in [2.05, 4.69) is 31.3 Å². The number of carbonyl (C=O) groups excluding carboxylic acids is 1. The second-order valence-corrected chi connectivity index (χ2v) is 7.17. The van der Waals surface area contributed by atoms with Gasteiger partial charge in [-0.1, -0.05) is 40.6 Å². The average Bonchev–Trinajstić information content (AvgIpc) is 2.75. The molecule has 0 heterocycles. The molecule has 0 aliphatic heterocycles. The number of nitrogens with zero attached hydrogens (tertiary/aromatic N) is 6. The van der Waals surface area contributed by atoms with Gasteiger partial charge in [-0.05, 0) is 41.4 Å². The lowest BCUT2D eigenvalue weighted by Gasteiger charge is -2.18. The lowest BCUT2D eigenvalue weighted by molar-refractivity contribution is -0.115. The van der Waals surface area contributed by atoms with Crippen LogP contribution in [0.25, 0.3) is 16.5 Å². The van der Waals surface area contributed by atoms with Gasteiger partial charge in [0.05, 0.1) is 22.4 Å². The Morgan fingerprint density at radius 1 is 1.17 bits per heavy atom. The zero-order chi connectivity index (χ0) is 21.3. The minimum absolute atomic E-state index is 0.0119. The molecule has 0 aliphatic rings. The molecule has 2 aromatic carbocycles. The van der Waals surface area contributed by atoms with E-state index in [0.717, 1.165) is 0 Å². The number of rotatable bonds is 8. The van der Waals surface area contributed by atoms with Crippen LogP contribution >= 0.6 is 0 Å². The fraction of sp³-hybridized carbons (Fsp3) is 0.0625. The van der Waals surface area contributed by atoms with E-state index in [0.29, 0.717) is 9.98 Å². The Bertz CT molecular complexity index is 1060. The molecule has 2 aromatic rings. The smallest absolute Gasteiger partial charge is 0.282 e. The van der Waals surface area contributed by atoms with E-state index in [4.69, 9.17) is 11.4 Å². The zero-order valence-corrected chi connectivity index (χ0v) is 15.7. The molecule has 2 rings (SSSR count). The summed E-state index contributed by atoms with van der Waals surface area (Å²) in [7, 11) is -3.93. The van der Waals surface area contributed by atoms with Gasteiger partial charge in [-0.15, -0.1) is 5.90 Å². The van der Waals surface area contributed by atoms with Crippen LogP contribution in [0.2, 0.25) is 0 Å². The molecule has 1 amide bonds. The van der Waals surface area contributed by atoms with Gasteiger partial charge in [-0.3, -0.25) is 9.73 Å². The van der Waals surface area contributed by atoms with Gasteiger partial charge in [-0.25, -0.2) is 10.3 Å². The molecule has 0 spiro atoms. The van der Waals surface area contributed by atoms with E-state index in [1.807, 2.05) is 0 Å². The molecule has 0 atom stereocenters. The maximum Gasteiger partial charge on any atom is 0.294 e. The Kier molecular flexibility index (Phi) is 7.40. The molecule has 12 nitrogen and oxygen atoms in total. The molecular formula is C16H16N8O4S. The van der Waals surface area contributed by atoms with E-state index >= 15 is 0 Å². The minimum Gasteiger partial charge on any atom is -0.282 e. The highest BCUT2D eigenvalue weighted by molar-refractivity contribution is 7.92. The summed E-state index contributed by atoms with van der Waals surface area (Å²) in [5.41, 5.74) is 9.16. The largest absolute Gasteiger partial charge is 0.294 e. The summed E-state index contributed by atoms with van der Waals surface area (Å²) in [6.07, 6.45) is 1.39. The molecule has 0 bridgehead atoms. The second kappa shape index (κ2) is 9.96. The van der Waals surface area contributed by atoms with Crippen molar-refractivity contribution in [2.45, 2.75) is 4.90 Å². The summed E-state index contributed by atoms with van der Waals surface area (Å²) in [5.74, 6) is 9.64. The van der Waals surface area contributed by atoms with E-state index in [-0.39, 0.29) is 22.7 Å². The predicted molar refractivity (Wildman–Crippen MR) is 104 cm³/mol. The van der Waals surface area contributed by atoms with Crippen LogP contribution < -0.4 is 16.2 Å². The predicted octanol–water partition coefficient (Wildman–Crippen LogP) is 2.23. The molecule has 0 radical (unpaired) electrons. The van der Waals surface area contributed by atoms with Crippen LogP contribution in [0, 0.1) is 0 Å². The van der Waals surface area contributed by atoms with Crippen LogP contribution in [-0.2, 0) is 19.8 Å². The van der Waals surface area contributed by atoms with Gasteiger partial charge in [0.25, 0.3) is 15.9 Å². The zero-order valence-electron chi connectivity index (χ0n) is 14.9. The maximum absolute atomic E-state index is 12.6. The number of anilines is 1. The SMILES string of the molecule is [N-]=[N+]=NC/C(=C\c1ccc(N(N)S(=O)(=O)c2ccccc2)cc1)C(=O)N=NON. The van der Waals surface area contributed by atoms with Gasteiger partial charge in [0.2, 0.25) is 0 Å². The number of carbonyl (C=O) groups is 1. The van der Waals surface area contributed by atoms with Gasteiger partial charge in [0.15, 0.2) is 0 Å². The van der Waals surface area contributed by atoms with E-state index in [1.54, 1.807) is 18.2 Å². The molecule has 0 unspecified atom stereocenters. The molecular weight excluding hydrogens is 400 g/mol. The van der Waals surface area contributed by atoms with Crippen molar-refractivity contribution in [3.63, 3.8) is 0 Å².